The fraction of sp³-hybridized carbons (Fsp3) is 0.278. The SMILES string of the molecule is COc1cc(OC)nc(N2CC(O)C(c3nc4ccccc4[nH]3)C2=N)c1. The summed E-state index contributed by atoms with van der Waals surface area (Å²) in [6, 6.07) is 11.0. The van der Waals surface area contributed by atoms with Gasteiger partial charge in [-0.05, 0) is 12.1 Å². The van der Waals surface area contributed by atoms with Gasteiger partial charge in [0.15, 0.2) is 0 Å². The Labute approximate surface area is 149 Å². The molecule has 26 heavy (non-hydrogen) atoms. The molecule has 8 nitrogen and oxygen atoms in total. The molecule has 2 unspecified atom stereocenters. The van der Waals surface area contributed by atoms with Crippen molar-refractivity contribution in [2.24, 2.45) is 0 Å². The van der Waals surface area contributed by atoms with E-state index in [1.807, 2.05) is 24.3 Å². The predicted molar refractivity (Wildman–Crippen MR) is 97.3 cm³/mol. The molecule has 3 aromatic rings. The summed E-state index contributed by atoms with van der Waals surface area (Å²) in [7, 11) is 3.08. The molecule has 1 aliphatic rings. The van der Waals surface area contributed by atoms with Gasteiger partial charge in [0.25, 0.3) is 0 Å². The number of imidazole rings is 1. The average molecular weight is 353 g/mol. The Kier molecular flexibility index (Phi) is 3.96. The Morgan fingerprint density at radius 2 is 2.00 bits per heavy atom. The van der Waals surface area contributed by atoms with Crippen molar-refractivity contribution in [1.29, 1.82) is 5.41 Å². The lowest BCUT2D eigenvalue weighted by atomic mass is 10.1. The van der Waals surface area contributed by atoms with Crippen LogP contribution < -0.4 is 14.4 Å². The van der Waals surface area contributed by atoms with Crippen molar-refractivity contribution >= 4 is 22.7 Å². The van der Waals surface area contributed by atoms with Crippen LogP contribution in [0.25, 0.3) is 11.0 Å². The summed E-state index contributed by atoms with van der Waals surface area (Å²) in [5.41, 5.74) is 1.68. The number of nitrogens with zero attached hydrogens (tertiary/aromatic N) is 3. The van der Waals surface area contributed by atoms with Crippen LogP contribution in [0.2, 0.25) is 0 Å². The molecule has 2 aromatic heterocycles. The first-order valence-corrected chi connectivity index (χ1v) is 8.19. The largest absolute Gasteiger partial charge is 0.496 e. The smallest absolute Gasteiger partial charge is 0.218 e. The molecular formula is C18H19N5O3. The molecule has 2 atom stereocenters. The lowest BCUT2D eigenvalue weighted by molar-refractivity contribution is 0.184. The fourth-order valence-electron chi connectivity index (χ4n) is 3.22. The van der Waals surface area contributed by atoms with E-state index in [0.717, 1.165) is 11.0 Å². The van der Waals surface area contributed by atoms with Crippen molar-refractivity contribution in [3.63, 3.8) is 0 Å². The van der Waals surface area contributed by atoms with Crippen molar-refractivity contribution in [2.45, 2.75) is 12.0 Å². The van der Waals surface area contributed by atoms with Gasteiger partial charge in [0, 0.05) is 12.1 Å². The number of nitrogens with one attached hydrogen (secondary N) is 2. The highest BCUT2D eigenvalue weighted by Gasteiger charge is 2.41. The van der Waals surface area contributed by atoms with E-state index in [0.29, 0.717) is 23.3 Å². The highest BCUT2D eigenvalue weighted by atomic mass is 16.5. The number of H-pyrrole nitrogens is 1. The summed E-state index contributed by atoms with van der Waals surface area (Å²) in [5, 5.41) is 19.2. The number of ether oxygens (including phenoxy) is 2. The number of para-hydroxylation sites is 2. The number of aromatic nitrogens is 3. The number of fused-ring (bicyclic) bond motifs is 1. The van der Waals surface area contributed by atoms with E-state index in [2.05, 4.69) is 15.0 Å². The molecule has 0 bridgehead atoms. The number of amidine groups is 1. The Morgan fingerprint density at radius 3 is 2.73 bits per heavy atom. The summed E-state index contributed by atoms with van der Waals surface area (Å²) in [5.74, 6) is 1.68. The third-order valence-electron chi connectivity index (χ3n) is 4.53. The van der Waals surface area contributed by atoms with E-state index >= 15 is 0 Å². The van der Waals surface area contributed by atoms with Crippen LogP contribution in [0, 0.1) is 5.41 Å². The van der Waals surface area contributed by atoms with Gasteiger partial charge in [-0.15, -0.1) is 0 Å². The lowest BCUT2D eigenvalue weighted by Crippen LogP contribution is -2.27. The second-order valence-corrected chi connectivity index (χ2v) is 6.09. The minimum Gasteiger partial charge on any atom is -0.496 e. The number of aliphatic hydroxyl groups is 1. The number of methoxy groups -OCH3 is 2. The molecule has 0 spiro atoms. The molecule has 1 saturated heterocycles. The second-order valence-electron chi connectivity index (χ2n) is 6.09. The predicted octanol–water partition coefficient (Wildman–Crippen LogP) is 1.92. The van der Waals surface area contributed by atoms with Gasteiger partial charge in [-0.3, -0.25) is 5.41 Å². The summed E-state index contributed by atoms with van der Waals surface area (Å²) >= 11 is 0. The van der Waals surface area contributed by atoms with E-state index in [4.69, 9.17) is 14.9 Å². The maximum atomic E-state index is 10.6. The molecule has 1 aliphatic heterocycles. The van der Waals surface area contributed by atoms with E-state index in [1.54, 1.807) is 24.1 Å². The van der Waals surface area contributed by atoms with Crippen LogP contribution in [0.15, 0.2) is 36.4 Å². The van der Waals surface area contributed by atoms with Crippen molar-refractivity contribution in [1.82, 2.24) is 15.0 Å². The molecular weight excluding hydrogens is 334 g/mol. The van der Waals surface area contributed by atoms with E-state index in [1.165, 1.54) is 7.11 Å². The zero-order valence-electron chi connectivity index (χ0n) is 14.4. The number of hydrogen-bond donors (Lipinski definition) is 3. The van der Waals surface area contributed by atoms with Crippen LogP contribution in [-0.2, 0) is 0 Å². The topological polar surface area (TPSA) is 107 Å². The quantitative estimate of drug-likeness (QED) is 0.661. The summed E-state index contributed by atoms with van der Waals surface area (Å²) in [6.07, 6.45) is -0.776. The number of anilines is 1. The minimum atomic E-state index is -0.776. The van der Waals surface area contributed by atoms with Crippen LogP contribution in [0.5, 0.6) is 11.6 Å². The molecule has 0 amide bonds. The number of aromatic amines is 1. The third kappa shape index (κ3) is 2.64. The first-order valence-electron chi connectivity index (χ1n) is 8.19. The van der Waals surface area contributed by atoms with Gasteiger partial charge in [0.2, 0.25) is 5.88 Å². The van der Waals surface area contributed by atoms with Crippen molar-refractivity contribution in [3.05, 3.63) is 42.2 Å². The Bertz CT molecular complexity index is 915. The van der Waals surface area contributed by atoms with Crippen LogP contribution in [0.3, 0.4) is 0 Å². The molecule has 1 aromatic carbocycles. The molecule has 1 fully saturated rings. The molecule has 4 rings (SSSR count). The zero-order valence-corrected chi connectivity index (χ0v) is 14.4. The zero-order chi connectivity index (χ0) is 18.3. The van der Waals surface area contributed by atoms with E-state index in [9.17, 15) is 5.11 Å². The van der Waals surface area contributed by atoms with Gasteiger partial charge in [0.05, 0.1) is 37.9 Å². The molecule has 0 aliphatic carbocycles. The Hall–Kier alpha value is -3.13. The maximum absolute atomic E-state index is 10.6. The minimum absolute atomic E-state index is 0.222. The molecule has 0 saturated carbocycles. The van der Waals surface area contributed by atoms with E-state index < -0.39 is 12.0 Å². The van der Waals surface area contributed by atoms with Crippen LogP contribution >= 0.6 is 0 Å². The van der Waals surface area contributed by atoms with E-state index in [-0.39, 0.29) is 12.4 Å². The lowest BCUT2D eigenvalue weighted by Gasteiger charge is -2.19. The standard InChI is InChI=1S/C18H19N5O3/c1-25-10-7-14(22-15(8-10)26-2)23-9-13(24)16(17(23)19)18-20-11-5-3-4-6-12(11)21-18/h3-8,13,16,19,24H,9H2,1-2H3,(H,20,21). The fourth-order valence-corrected chi connectivity index (χ4v) is 3.22. The number of hydrogen-bond acceptors (Lipinski definition) is 6. The number of rotatable bonds is 4. The maximum Gasteiger partial charge on any atom is 0.218 e. The second kappa shape index (κ2) is 6.30. The number of aliphatic hydroxyl groups excluding tert-OH is 1. The summed E-state index contributed by atoms with van der Waals surface area (Å²) in [6.45, 7) is 0.240. The number of β-amino-alcohol motifs (C(OH)–C–C–N with tert-alkyl or cyclic N) is 1. The Morgan fingerprint density at radius 1 is 1.19 bits per heavy atom. The van der Waals surface area contributed by atoms with Crippen molar-refractivity contribution in [3.8, 4) is 11.6 Å². The highest BCUT2D eigenvalue weighted by molar-refractivity contribution is 6.02. The third-order valence-corrected chi connectivity index (χ3v) is 4.53. The molecule has 3 N–H and O–H groups in total. The Balaban J connectivity index is 1.70. The van der Waals surface area contributed by atoms with Gasteiger partial charge in [-0.25, -0.2) is 4.98 Å². The number of pyridine rings is 1. The molecule has 3 heterocycles. The van der Waals surface area contributed by atoms with Crippen molar-refractivity contribution < 1.29 is 14.6 Å². The van der Waals surface area contributed by atoms with Crippen LogP contribution in [0.1, 0.15) is 11.7 Å². The number of benzene rings is 1. The molecule has 134 valence electrons. The van der Waals surface area contributed by atoms with Gasteiger partial charge >= 0.3 is 0 Å². The normalized spacial score (nSPS) is 20.0. The van der Waals surface area contributed by atoms with Crippen molar-refractivity contribution in [2.75, 3.05) is 25.7 Å². The monoisotopic (exact) mass is 353 g/mol. The molecule has 8 heteroatoms. The van der Waals surface area contributed by atoms with Crippen LogP contribution in [-0.4, -0.2) is 52.8 Å². The van der Waals surface area contributed by atoms with Crippen LogP contribution in [0.4, 0.5) is 5.82 Å². The summed E-state index contributed by atoms with van der Waals surface area (Å²) < 4.78 is 10.5. The summed E-state index contributed by atoms with van der Waals surface area (Å²) in [4.78, 5) is 13.8. The van der Waals surface area contributed by atoms with Gasteiger partial charge < -0.3 is 24.5 Å². The van der Waals surface area contributed by atoms with Gasteiger partial charge in [0.1, 0.15) is 29.1 Å². The average Bonchev–Trinajstić information content (AvgIpc) is 3.21. The first kappa shape index (κ1) is 16.3. The first-order chi connectivity index (χ1) is 12.6. The highest BCUT2D eigenvalue weighted by Crippen LogP contribution is 2.34. The van der Waals surface area contributed by atoms with Gasteiger partial charge in [-0.2, -0.15) is 4.98 Å². The molecule has 0 radical (unpaired) electrons. The van der Waals surface area contributed by atoms with Gasteiger partial charge in [-0.1, -0.05) is 12.1 Å².